The molecule has 0 aliphatic heterocycles. The molecule has 0 rings (SSSR count). The van der Waals surface area contributed by atoms with Crippen LogP contribution in [0.25, 0.3) is 0 Å². The second kappa shape index (κ2) is 5.02. The summed E-state index contributed by atoms with van der Waals surface area (Å²) in [5, 5.41) is 0. The third-order valence-electron chi connectivity index (χ3n) is 1.12. The fourth-order valence-corrected chi connectivity index (χ4v) is 1.22. The highest BCUT2D eigenvalue weighted by atomic mass is 127. The zero-order chi connectivity index (χ0) is 7.28. The molecular weight excluding hydrogens is 229 g/mol. The van der Waals surface area contributed by atoms with Gasteiger partial charge in [0.15, 0.2) is 0 Å². The minimum Gasteiger partial charge on any atom is -0.334 e. The van der Waals surface area contributed by atoms with Crippen LogP contribution in [0.3, 0.4) is 0 Å². The third-order valence-corrected chi connectivity index (χ3v) is 1.81. The van der Waals surface area contributed by atoms with Crippen molar-refractivity contribution in [3.63, 3.8) is 0 Å². The van der Waals surface area contributed by atoms with E-state index in [0.717, 1.165) is 19.5 Å². The van der Waals surface area contributed by atoms with Crippen molar-refractivity contribution in [2.45, 2.75) is 20.3 Å². The van der Waals surface area contributed by atoms with Gasteiger partial charge in [-0.25, -0.2) is 0 Å². The summed E-state index contributed by atoms with van der Waals surface area (Å²) in [4.78, 5) is 12.5. The molecule has 0 aliphatic carbocycles. The van der Waals surface area contributed by atoms with Crippen LogP contribution in [-0.4, -0.2) is 21.9 Å². The molecule has 0 unspecified atom stereocenters. The van der Waals surface area contributed by atoms with Gasteiger partial charge < -0.3 is 4.90 Å². The van der Waals surface area contributed by atoms with Gasteiger partial charge in [0.2, 0.25) is 0 Å². The van der Waals surface area contributed by atoms with Crippen LogP contribution in [0.4, 0.5) is 4.79 Å². The molecule has 0 radical (unpaired) electrons. The normalized spacial score (nSPS) is 9.22. The lowest BCUT2D eigenvalue weighted by molar-refractivity contribution is 0.229. The summed E-state index contributed by atoms with van der Waals surface area (Å²) in [5.41, 5.74) is 0. The first kappa shape index (κ1) is 9.20. The number of amides is 1. The Morgan fingerprint density at radius 2 is 2.11 bits per heavy atom. The van der Waals surface area contributed by atoms with E-state index in [2.05, 4.69) is 6.92 Å². The fourth-order valence-electron chi connectivity index (χ4n) is 0.640. The fraction of sp³-hybridized carbons (Fsp3) is 0.833. The Bertz CT molecular complexity index is 95.1. The molecule has 54 valence electrons. The van der Waals surface area contributed by atoms with Crippen molar-refractivity contribution in [2.75, 3.05) is 13.1 Å². The summed E-state index contributed by atoms with van der Waals surface area (Å²) in [5.74, 6) is 0. The van der Waals surface area contributed by atoms with E-state index in [4.69, 9.17) is 0 Å². The lowest BCUT2D eigenvalue weighted by Crippen LogP contribution is -2.25. The second-order valence-corrected chi connectivity index (χ2v) is 2.76. The average Bonchev–Trinajstić information content (AvgIpc) is 1.82. The van der Waals surface area contributed by atoms with Gasteiger partial charge in [-0.05, 0) is 13.3 Å². The van der Waals surface area contributed by atoms with Crippen LogP contribution in [0.5, 0.6) is 0 Å². The highest BCUT2D eigenvalue weighted by Gasteiger charge is 2.03. The van der Waals surface area contributed by atoms with E-state index in [-0.39, 0.29) is 3.91 Å². The van der Waals surface area contributed by atoms with Gasteiger partial charge in [-0.2, -0.15) is 0 Å². The number of rotatable bonds is 3. The van der Waals surface area contributed by atoms with Crippen molar-refractivity contribution in [1.82, 2.24) is 4.90 Å². The molecule has 0 atom stereocenters. The highest BCUT2D eigenvalue weighted by molar-refractivity contribution is 14.1. The third kappa shape index (κ3) is 3.72. The number of nitrogens with zero attached hydrogens (tertiary/aromatic N) is 1. The van der Waals surface area contributed by atoms with Crippen molar-refractivity contribution in [1.29, 1.82) is 0 Å². The number of halogens is 1. The Hall–Kier alpha value is 0.200. The molecule has 0 N–H and O–H groups in total. The topological polar surface area (TPSA) is 20.3 Å². The van der Waals surface area contributed by atoms with Gasteiger partial charge in [0.1, 0.15) is 0 Å². The smallest absolute Gasteiger partial charge is 0.283 e. The van der Waals surface area contributed by atoms with E-state index in [1.54, 1.807) is 0 Å². The SMILES string of the molecule is CCCN(CC)C(=O)I. The first-order valence-electron chi connectivity index (χ1n) is 3.16. The predicted octanol–water partition coefficient (Wildman–Crippen LogP) is 2.27. The lowest BCUT2D eigenvalue weighted by Gasteiger charge is -2.15. The van der Waals surface area contributed by atoms with E-state index >= 15 is 0 Å². The largest absolute Gasteiger partial charge is 0.334 e. The van der Waals surface area contributed by atoms with Crippen LogP contribution in [0, 0.1) is 0 Å². The maximum Gasteiger partial charge on any atom is 0.283 e. The minimum atomic E-state index is 0.150. The molecule has 0 aromatic heterocycles. The van der Waals surface area contributed by atoms with Crippen molar-refractivity contribution < 1.29 is 4.79 Å². The molecule has 0 aromatic carbocycles. The van der Waals surface area contributed by atoms with Crippen molar-refractivity contribution in [3.05, 3.63) is 0 Å². The molecule has 1 amide bonds. The number of hydrogen-bond donors (Lipinski definition) is 0. The van der Waals surface area contributed by atoms with Crippen molar-refractivity contribution in [3.8, 4) is 0 Å². The lowest BCUT2D eigenvalue weighted by atomic mass is 10.4. The van der Waals surface area contributed by atoms with Crippen LogP contribution < -0.4 is 0 Å². The molecule has 0 spiro atoms. The molecule has 0 fully saturated rings. The second-order valence-electron chi connectivity index (χ2n) is 1.83. The van der Waals surface area contributed by atoms with Crippen molar-refractivity contribution >= 4 is 26.5 Å². The Morgan fingerprint density at radius 3 is 2.22 bits per heavy atom. The summed E-state index contributed by atoms with van der Waals surface area (Å²) in [6.07, 6.45) is 1.04. The molecule has 0 aromatic rings. The number of carbonyl (C=O) groups is 1. The molecule has 9 heavy (non-hydrogen) atoms. The molecule has 3 heteroatoms. The van der Waals surface area contributed by atoms with Gasteiger partial charge in [-0.1, -0.05) is 6.92 Å². The van der Waals surface area contributed by atoms with Crippen LogP contribution in [0.1, 0.15) is 20.3 Å². The maximum absolute atomic E-state index is 10.7. The van der Waals surface area contributed by atoms with Crippen LogP contribution in [0.15, 0.2) is 0 Å². The maximum atomic E-state index is 10.7. The summed E-state index contributed by atoms with van der Waals surface area (Å²) >= 11 is 1.81. The molecule has 0 heterocycles. The Balaban J connectivity index is 3.54. The van der Waals surface area contributed by atoms with E-state index in [9.17, 15) is 4.79 Å². The molecule has 0 aliphatic rings. The zero-order valence-electron chi connectivity index (χ0n) is 5.85. The van der Waals surface area contributed by atoms with E-state index in [1.165, 1.54) is 0 Å². The van der Waals surface area contributed by atoms with Crippen LogP contribution in [0.2, 0.25) is 0 Å². The molecule has 0 saturated heterocycles. The summed E-state index contributed by atoms with van der Waals surface area (Å²) in [7, 11) is 0. The zero-order valence-corrected chi connectivity index (χ0v) is 8.01. The minimum absolute atomic E-state index is 0.150. The summed E-state index contributed by atoms with van der Waals surface area (Å²) < 4.78 is 0.150. The van der Waals surface area contributed by atoms with Gasteiger partial charge in [0, 0.05) is 35.7 Å². The van der Waals surface area contributed by atoms with Crippen LogP contribution >= 0.6 is 22.6 Å². The Labute approximate surface area is 69.7 Å². The van der Waals surface area contributed by atoms with E-state index in [0.29, 0.717) is 0 Å². The molecule has 2 nitrogen and oxygen atoms in total. The first-order chi connectivity index (χ1) is 4.22. The van der Waals surface area contributed by atoms with Gasteiger partial charge in [-0.3, -0.25) is 4.79 Å². The first-order valence-corrected chi connectivity index (χ1v) is 4.24. The average molecular weight is 241 g/mol. The standard InChI is InChI=1S/C6H12INO/c1-3-5-8(4-2)6(7)9/h3-5H2,1-2H3. The Kier molecular flexibility index (Phi) is 5.13. The van der Waals surface area contributed by atoms with Gasteiger partial charge in [0.05, 0.1) is 0 Å². The molecule has 0 saturated carbocycles. The number of hydrogen-bond acceptors (Lipinski definition) is 1. The number of carbonyl (C=O) groups excluding carboxylic acids is 1. The molecular formula is C6H12INO. The van der Waals surface area contributed by atoms with Crippen molar-refractivity contribution in [2.24, 2.45) is 0 Å². The summed E-state index contributed by atoms with van der Waals surface area (Å²) in [6.45, 7) is 5.78. The molecule has 0 bridgehead atoms. The van der Waals surface area contributed by atoms with E-state index in [1.807, 2.05) is 34.4 Å². The Morgan fingerprint density at radius 1 is 1.56 bits per heavy atom. The monoisotopic (exact) mass is 241 g/mol. The van der Waals surface area contributed by atoms with Gasteiger partial charge >= 0.3 is 0 Å². The van der Waals surface area contributed by atoms with E-state index < -0.39 is 0 Å². The summed E-state index contributed by atoms with van der Waals surface area (Å²) in [6, 6.07) is 0. The van der Waals surface area contributed by atoms with Crippen LogP contribution in [-0.2, 0) is 0 Å². The highest BCUT2D eigenvalue weighted by Crippen LogP contribution is 1.99. The van der Waals surface area contributed by atoms with Gasteiger partial charge in [0.25, 0.3) is 3.91 Å². The quantitative estimate of drug-likeness (QED) is 0.421. The van der Waals surface area contributed by atoms with Gasteiger partial charge in [-0.15, -0.1) is 0 Å². The predicted molar refractivity (Wildman–Crippen MR) is 47.0 cm³/mol.